The summed E-state index contributed by atoms with van der Waals surface area (Å²) < 4.78 is 26.2. The van der Waals surface area contributed by atoms with Crippen LogP contribution in [-0.4, -0.2) is 30.3 Å². The first kappa shape index (κ1) is 13.9. The zero-order valence-corrected chi connectivity index (χ0v) is 10.3. The van der Waals surface area contributed by atoms with E-state index in [-0.39, 0.29) is 30.2 Å². The number of carbonyl (C=O) groups is 1. The molecule has 1 aromatic rings. The molecule has 0 atom stereocenters. The van der Waals surface area contributed by atoms with Crippen molar-refractivity contribution in [2.75, 3.05) is 19.5 Å². The lowest BCUT2D eigenvalue weighted by Crippen LogP contribution is -2.29. The Balaban J connectivity index is 2.55. The molecular formula is C12H14ClF2NO. The third-order valence-corrected chi connectivity index (χ3v) is 2.65. The molecule has 17 heavy (non-hydrogen) atoms. The summed E-state index contributed by atoms with van der Waals surface area (Å²) in [4.78, 5) is 12.9. The number of halogens is 3. The Hall–Kier alpha value is -1.16. The van der Waals surface area contributed by atoms with Gasteiger partial charge in [-0.25, -0.2) is 8.78 Å². The van der Waals surface area contributed by atoms with Gasteiger partial charge in [-0.15, -0.1) is 11.6 Å². The highest BCUT2D eigenvalue weighted by atomic mass is 35.5. The summed E-state index contributed by atoms with van der Waals surface area (Å²) >= 11 is 5.45. The van der Waals surface area contributed by atoms with Crippen LogP contribution in [0.15, 0.2) is 18.2 Å². The molecule has 1 amide bonds. The summed E-state index contributed by atoms with van der Waals surface area (Å²) in [6, 6.07) is 3.31. The first-order valence-corrected chi connectivity index (χ1v) is 5.82. The molecule has 0 saturated heterocycles. The molecule has 0 aliphatic carbocycles. The van der Waals surface area contributed by atoms with Gasteiger partial charge >= 0.3 is 0 Å². The normalized spacial score (nSPS) is 10.4. The molecule has 5 heteroatoms. The fourth-order valence-electron chi connectivity index (χ4n) is 1.42. The lowest BCUT2D eigenvalue weighted by Gasteiger charge is -2.16. The quantitative estimate of drug-likeness (QED) is 0.746. The predicted octanol–water partition coefficient (Wildman–Crippen LogP) is 2.59. The van der Waals surface area contributed by atoms with E-state index in [9.17, 15) is 13.6 Å². The van der Waals surface area contributed by atoms with Crippen LogP contribution in [0.4, 0.5) is 8.78 Å². The van der Waals surface area contributed by atoms with Crippen LogP contribution in [0.5, 0.6) is 0 Å². The minimum Gasteiger partial charge on any atom is -0.345 e. The number of hydrogen-bond acceptors (Lipinski definition) is 1. The van der Waals surface area contributed by atoms with Gasteiger partial charge in [-0.1, -0.05) is 0 Å². The van der Waals surface area contributed by atoms with Crippen LogP contribution in [0, 0.1) is 11.6 Å². The van der Waals surface area contributed by atoms with E-state index in [0.717, 1.165) is 18.2 Å². The van der Waals surface area contributed by atoms with E-state index in [1.165, 1.54) is 4.90 Å². The van der Waals surface area contributed by atoms with E-state index >= 15 is 0 Å². The summed E-state index contributed by atoms with van der Waals surface area (Å²) in [5, 5.41) is 0. The molecule has 1 rings (SSSR count). The first-order valence-electron chi connectivity index (χ1n) is 5.28. The second-order valence-electron chi connectivity index (χ2n) is 3.74. The van der Waals surface area contributed by atoms with Crippen molar-refractivity contribution in [2.45, 2.75) is 12.8 Å². The van der Waals surface area contributed by atoms with Crippen LogP contribution in [0.3, 0.4) is 0 Å². The monoisotopic (exact) mass is 261 g/mol. The first-order chi connectivity index (χ1) is 8.04. The molecule has 0 fully saturated rings. The summed E-state index contributed by atoms with van der Waals surface area (Å²) in [5.74, 6) is -0.769. The third-order valence-electron chi connectivity index (χ3n) is 2.46. The number of alkyl halides is 1. The van der Waals surface area contributed by atoms with E-state index in [1.54, 1.807) is 7.05 Å². The molecule has 0 unspecified atom stereocenters. The highest BCUT2D eigenvalue weighted by Crippen LogP contribution is 2.10. The topological polar surface area (TPSA) is 20.3 Å². The lowest BCUT2D eigenvalue weighted by atomic mass is 10.1. The van der Waals surface area contributed by atoms with Crippen LogP contribution >= 0.6 is 11.6 Å². The molecule has 0 spiro atoms. The smallest absolute Gasteiger partial charge is 0.223 e. The van der Waals surface area contributed by atoms with E-state index in [4.69, 9.17) is 11.6 Å². The van der Waals surface area contributed by atoms with E-state index in [0.29, 0.717) is 6.54 Å². The minimum atomic E-state index is -0.476. The zero-order valence-electron chi connectivity index (χ0n) is 9.55. The average Bonchev–Trinajstić information content (AvgIpc) is 2.30. The molecule has 0 aliphatic rings. The molecule has 94 valence electrons. The zero-order chi connectivity index (χ0) is 12.8. The maximum Gasteiger partial charge on any atom is 0.223 e. The number of rotatable bonds is 5. The van der Waals surface area contributed by atoms with Crippen LogP contribution in [0.1, 0.15) is 12.0 Å². The number of carbonyl (C=O) groups excluding carboxylic acids is 1. The Morgan fingerprint density at radius 1 is 1.41 bits per heavy atom. The fraction of sp³-hybridized carbons (Fsp3) is 0.417. The SMILES string of the molecule is CN(CCc1cc(F)ccc1F)C(=O)CCCl. The van der Waals surface area contributed by atoms with Crippen molar-refractivity contribution >= 4 is 17.5 Å². The standard InChI is InChI=1S/C12H14ClF2NO/c1-16(12(17)4-6-13)7-5-9-8-10(14)2-3-11(9)15/h2-3,8H,4-7H2,1H3. The van der Waals surface area contributed by atoms with Gasteiger partial charge in [-0.3, -0.25) is 4.79 Å². The summed E-state index contributed by atoms with van der Waals surface area (Å²) in [7, 11) is 1.62. The van der Waals surface area contributed by atoms with Crippen LogP contribution in [-0.2, 0) is 11.2 Å². The van der Waals surface area contributed by atoms with Crippen LogP contribution in [0.2, 0.25) is 0 Å². The Labute approximate surface area is 104 Å². The molecule has 0 radical (unpaired) electrons. The molecule has 0 heterocycles. The van der Waals surface area contributed by atoms with Crippen LogP contribution < -0.4 is 0 Å². The Morgan fingerprint density at radius 2 is 2.12 bits per heavy atom. The Bertz CT molecular complexity index is 398. The molecule has 2 nitrogen and oxygen atoms in total. The van der Waals surface area contributed by atoms with Gasteiger partial charge in [0.1, 0.15) is 11.6 Å². The largest absolute Gasteiger partial charge is 0.345 e. The third kappa shape index (κ3) is 4.30. The van der Waals surface area contributed by atoms with Gasteiger partial charge in [0.15, 0.2) is 0 Å². The molecule has 1 aromatic carbocycles. The molecular weight excluding hydrogens is 248 g/mol. The number of amides is 1. The number of nitrogens with zero attached hydrogens (tertiary/aromatic N) is 1. The van der Waals surface area contributed by atoms with Gasteiger partial charge < -0.3 is 4.90 Å². The fourth-order valence-corrected chi connectivity index (χ4v) is 1.58. The van der Waals surface area contributed by atoms with Gasteiger partial charge in [0.2, 0.25) is 5.91 Å². The highest BCUT2D eigenvalue weighted by Gasteiger charge is 2.09. The maximum atomic E-state index is 13.3. The lowest BCUT2D eigenvalue weighted by molar-refractivity contribution is -0.129. The van der Waals surface area contributed by atoms with Gasteiger partial charge in [0.25, 0.3) is 0 Å². The molecule has 0 aromatic heterocycles. The van der Waals surface area contributed by atoms with E-state index < -0.39 is 11.6 Å². The highest BCUT2D eigenvalue weighted by molar-refractivity contribution is 6.18. The minimum absolute atomic E-state index is 0.100. The second kappa shape index (κ2) is 6.55. The Morgan fingerprint density at radius 3 is 2.76 bits per heavy atom. The van der Waals surface area contributed by atoms with Crippen molar-refractivity contribution in [3.63, 3.8) is 0 Å². The predicted molar refractivity (Wildman–Crippen MR) is 63.0 cm³/mol. The molecule has 0 bridgehead atoms. The number of benzene rings is 1. The van der Waals surface area contributed by atoms with Crippen LogP contribution in [0.25, 0.3) is 0 Å². The average molecular weight is 262 g/mol. The maximum absolute atomic E-state index is 13.3. The Kier molecular flexibility index (Phi) is 5.35. The second-order valence-corrected chi connectivity index (χ2v) is 4.12. The summed E-state index contributed by atoms with van der Waals surface area (Å²) in [6.45, 7) is 0.343. The summed E-state index contributed by atoms with van der Waals surface area (Å²) in [6.07, 6.45) is 0.539. The van der Waals surface area contributed by atoms with Crippen molar-refractivity contribution in [1.82, 2.24) is 4.90 Å². The van der Waals surface area contributed by atoms with Crippen molar-refractivity contribution in [1.29, 1.82) is 0 Å². The van der Waals surface area contributed by atoms with Gasteiger partial charge in [0.05, 0.1) is 0 Å². The molecule has 0 aliphatic heterocycles. The number of likely N-dealkylation sites (N-methyl/N-ethyl adjacent to an activating group) is 1. The van der Waals surface area contributed by atoms with Gasteiger partial charge in [-0.05, 0) is 30.2 Å². The summed E-state index contributed by atoms with van der Waals surface area (Å²) in [5.41, 5.74) is 0.274. The van der Waals surface area contributed by atoms with Gasteiger partial charge in [0, 0.05) is 25.9 Å². The number of hydrogen-bond donors (Lipinski definition) is 0. The van der Waals surface area contributed by atoms with Gasteiger partial charge in [-0.2, -0.15) is 0 Å². The van der Waals surface area contributed by atoms with Crippen molar-refractivity contribution in [2.24, 2.45) is 0 Å². The van der Waals surface area contributed by atoms with E-state index in [1.807, 2.05) is 0 Å². The van der Waals surface area contributed by atoms with Crippen molar-refractivity contribution in [3.05, 3.63) is 35.4 Å². The van der Waals surface area contributed by atoms with Crippen molar-refractivity contribution in [3.8, 4) is 0 Å². The molecule has 0 saturated carbocycles. The van der Waals surface area contributed by atoms with E-state index in [2.05, 4.69) is 0 Å². The molecule has 0 N–H and O–H groups in total. The van der Waals surface area contributed by atoms with Crippen molar-refractivity contribution < 1.29 is 13.6 Å².